The largest absolute Gasteiger partial charge is 0.330 e. The minimum absolute atomic E-state index is 0.307. The minimum Gasteiger partial charge on any atom is -0.330 e. The average Bonchev–Trinajstić information content (AvgIpc) is 2.41. The summed E-state index contributed by atoms with van der Waals surface area (Å²) in [5.41, 5.74) is 6.15. The second kappa shape index (κ2) is 6.30. The first kappa shape index (κ1) is 16.2. The van der Waals surface area contributed by atoms with Crippen molar-refractivity contribution in [2.24, 2.45) is 17.1 Å². The molecule has 0 aliphatic carbocycles. The molecule has 0 aromatic rings. The van der Waals surface area contributed by atoms with E-state index in [0.29, 0.717) is 24.4 Å². The van der Waals surface area contributed by atoms with Crippen molar-refractivity contribution >= 4 is 10.0 Å². The quantitative estimate of drug-likeness (QED) is 0.831. The van der Waals surface area contributed by atoms with E-state index < -0.39 is 10.0 Å². The van der Waals surface area contributed by atoms with E-state index in [9.17, 15) is 8.42 Å². The molecule has 20 heavy (non-hydrogen) atoms. The van der Waals surface area contributed by atoms with Gasteiger partial charge in [0.05, 0.1) is 6.26 Å². The van der Waals surface area contributed by atoms with Crippen molar-refractivity contribution in [3.63, 3.8) is 0 Å². The Morgan fingerprint density at radius 2 is 1.90 bits per heavy atom. The fraction of sp³-hybridized carbons (Fsp3) is 1.00. The van der Waals surface area contributed by atoms with Gasteiger partial charge in [-0.15, -0.1) is 0 Å². The number of likely N-dealkylation sites (tertiary alicyclic amines) is 1. The number of nitrogens with zero attached hydrogens (tertiary/aromatic N) is 2. The van der Waals surface area contributed by atoms with Gasteiger partial charge in [0.1, 0.15) is 0 Å². The van der Waals surface area contributed by atoms with Gasteiger partial charge in [0.2, 0.25) is 10.0 Å². The summed E-state index contributed by atoms with van der Waals surface area (Å²) in [6.07, 6.45) is 5.78. The van der Waals surface area contributed by atoms with Crippen LogP contribution in [0.4, 0.5) is 0 Å². The molecule has 0 bridgehead atoms. The number of rotatable bonds is 4. The summed E-state index contributed by atoms with van der Waals surface area (Å²) in [6.45, 7) is 7.67. The van der Waals surface area contributed by atoms with E-state index >= 15 is 0 Å². The van der Waals surface area contributed by atoms with Crippen molar-refractivity contribution in [3.05, 3.63) is 0 Å². The molecule has 2 rings (SSSR count). The second-order valence-corrected chi connectivity index (χ2v) is 8.93. The van der Waals surface area contributed by atoms with Gasteiger partial charge in [-0.25, -0.2) is 12.7 Å². The molecule has 1 atom stereocenters. The van der Waals surface area contributed by atoms with Gasteiger partial charge in [0.15, 0.2) is 0 Å². The lowest BCUT2D eigenvalue weighted by Crippen LogP contribution is -2.47. The van der Waals surface area contributed by atoms with Crippen molar-refractivity contribution < 1.29 is 8.42 Å². The van der Waals surface area contributed by atoms with E-state index in [0.717, 1.165) is 51.9 Å². The maximum absolute atomic E-state index is 11.6. The Bertz CT molecular complexity index is 416. The van der Waals surface area contributed by atoms with Crippen LogP contribution in [-0.2, 0) is 10.0 Å². The van der Waals surface area contributed by atoms with Gasteiger partial charge in [0, 0.05) is 19.6 Å². The number of hydrogen-bond acceptors (Lipinski definition) is 4. The summed E-state index contributed by atoms with van der Waals surface area (Å²) in [7, 11) is -3.02. The molecular formula is C14H29N3O2S. The molecule has 1 unspecified atom stereocenters. The van der Waals surface area contributed by atoms with Crippen molar-refractivity contribution in [3.8, 4) is 0 Å². The van der Waals surface area contributed by atoms with E-state index in [1.165, 1.54) is 6.26 Å². The van der Waals surface area contributed by atoms with Crippen LogP contribution in [0, 0.1) is 11.3 Å². The molecule has 0 aromatic carbocycles. The summed E-state index contributed by atoms with van der Waals surface area (Å²) in [6, 6.07) is 0. The highest BCUT2D eigenvalue weighted by Crippen LogP contribution is 2.30. The summed E-state index contributed by atoms with van der Waals surface area (Å²) < 4.78 is 24.9. The average molecular weight is 303 g/mol. The molecule has 118 valence electrons. The molecule has 5 nitrogen and oxygen atoms in total. The highest BCUT2D eigenvalue weighted by atomic mass is 32.2. The van der Waals surface area contributed by atoms with Crippen LogP contribution in [0.1, 0.15) is 32.6 Å². The molecule has 0 amide bonds. The molecule has 0 spiro atoms. The number of hydrogen-bond donors (Lipinski definition) is 1. The Balaban J connectivity index is 1.82. The zero-order valence-electron chi connectivity index (χ0n) is 12.8. The highest BCUT2D eigenvalue weighted by molar-refractivity contribution is 7.88. The van der Waals surface area contributed by atoms with Gasteiger partial charge in [0.25, 0.3) is 0 Å². The van der Waals surface area contributed by atoms with E-state index in [2.05, 4.69) is 11.8 Å². The van der Waals surface area contributed by atoms with E-state index in [4.69, 9.17) is 5.73 Å². The Morgan fingerprint density at radius 3 is 2.45 bits per heavy atom. The first-order chi connectivity index (χ1) is 9.32. The van der Waals surface area contributed by atoms with Crippen LogP contribution in [-0.4, -0.2) is 63.1 Å². The smallest absolute Gasteiger partial charge is 0.211 e. The molecule has 0 radical (unpaired) electrons. The third kappa shape index (κ3) is 4.16. The van der Waals surface area contributed by atoms with E-state index in [1.54, 1.807) is 4.31 Å². The van der Waals surface area contributed by atoms with Crippen LogP contribution in [0.3, 0.4) is 0 Å². The Kier molecular flexibility index (Phi) is 5.10. The molecule has 2 fully saturated rings. The first-order valence-corrected chi connectivity index (χ1v) is 9.55. The minimum atomic E-state index is -3.02. The number of sulfonamides is 1. The normalized spacial score (nSPS) is 29.4. The Morgan fingerprint density at radius 1 is 1.25 bits per heavy atom. The van der Waals surface area contributed by atoms with Crippen LogP contribution in [0.2, 0.25) is 0 Å². The topological polar surface area (TPSA) is 66.6 Å². The lowest BCUT2D eigenvalue weighted by Gasteiger charge is -2.41. The van der Waals surface area contributed by atoms with Crippen molar-refractivity contribution in [2.45, 2.75) is 32.6 Å². The van der Waals surface area contributed by atoms with Crippen molar-refractivity contribution in [1.82, 2.24) is 9.21 Å². The maximum atomic E-state index is 11.6. The first-order valence-electron chi connectivity index (χ1n) is 7.70. The molecular weight excluding hydrogens is 274 g/mol. The summed E-state index contributed by atoms with van der Waals surface area (Å²) in [5, 5.41) is 0. The summed E-state index contributed by atoms with van der Waals surface area (Å²) in [4.78, 5) is 2.49. The van der Waals surface area contributed by atoms with E-state index in [-0.39, 0.29) is 0 Å². The zero-order chi connectivity index (χ0) is 14.8. The van der Waals surface area contributed by atoms with Crippen molar-refractivity contribution in [1.29, 1.82) is 0 Å². The molecule has 2 N–H and O–H groups in total. The van der Waals surface area contributed by atoms with Gasteiger partial charge in [-0.2, -0.15) is 0 Å². The van der Waals surface area contributed by atoms with Gasteiger partial charge in [-0.3, -0.25) is 0 Å². The van der Waals surface area contributed by atoms with Crippen LogP contribution in [0.15, 0.2) is 0 Å². The third-order valence-electron chi connectivity index (χ3n) is 5.02. The van der Waals surface area contributed by atoms with E-state index in [1.807, 2.05) is 0 Å². The van der Waals surface area contributed by atoms with Crippen LogP contribution in [0.5, 0.6) is 0 Å². The monoisotopic (exact) mass is 303 g/mol. The van der Waals surface area contributed by atoms with Gasteiger partial charge >= 0.3 is 0 Å². The fourth-order valence-electron chi connectivity index (χ4n) is 3.32. The fourth-order valence-corrected chi connectivity index (χ4v) is 4.26. The second-order valence-electron chi connectivity index (χ2n) is 6.94. The Hall–Kier alpha value is -0.170. The standard InChI is InChI=1S/C14H29N3O2S/c1-14(12-15)5-8-16(9-6-14)10-13-4-3-7-17(11-13)20(2,18)19/h13H,3-12,15H2,1-2H3. The Labute approximate surface area is 123 Å². The summed E-state index contributed by atoms with van der Waals surface area (Å²) in [5.74, 6) is 0.487. The number of nitrogens with two attached hydrogens (primary N) is 1. The molecule has 0 aromatic heterocycles. The van der Waals surface area contributed by atoms with Crippen LogP contribution < -0.4 is 5.73 Å². The zero-order valence-corrected chi connectivity index (χ0v) is 13.7. The van der Waals surface area contributed by atoms with Gasteiger partial charge < -0.3 is 10.6 Å². The molecule has 2 saturated heterocycles. The number of piperidine rings is 2. The predicted molar refractivity (Wildman–Crippen MR) is 82.0 cm³/mol. The lowest BCUT2D eigenvalue weighted by atomic mass is 9.80. The molecule has 2 aliphatic heterocycles. The van der Waals surface area contributed by atoms with Gasteiger partial charge in [-0.05, 0) is 56.7 Å². The third-order valence-corrected chi connectivity index (χ3v) is 6.29. The molecule has 2 aliphatic rings. The lowest BCUT2D eigenvalue weighted by molar-refractivity contribution is 0.0973. The predicted octanol–water partition coefficient (Wildman–Crippen LogP) is 0.719. The van der Waals surface area contributed by atoms with Crippen LogP contribution in [0.25, 0.3) is 0 Å². The maximum Gasteiger partial charge on any atom is 0.211 e. The van der Waals surface area contributed by atoms with Gasteiger partial charge in [-0.1, -0.05) is 6.92 Å². The highest BCUT2D eigenvalue weighted by Gasteiger charge is 2.31. The summed E-state index contributed by atoms with van der Waals surface area (Å²) >= 11 is 0. The SMILES string of the molecule is CC1(CN)CCN(CC2CCCN(S(C)(=O)=O)C2)CC1. The molecule has 2 heterocycles. The molecule has 0 saturated carbocycles. The van der Waals surface area contributed by atoms with Crippen LogP contribution >= 0.6 is 0 Å². The molecule has 6 heteroatoms. The van der Waals surface area contributed by atoms with Crippen molar-refractivity contribution in [2.75, 3.05) is 45.5 Å².